The maximum absolute atomic E-state index is 11.1. The number of rotatable bonds is 5. The Kier molecular flexibility index (Phi) is 5.68. The Hall–Kier alpha value is -0.570. The van der Waals surface area contributed by atoms with Crippen LogP contribution in [0.4, 0.5) is 0 Å². The van der Waals surface area contributed by atoms with Crippen LogP contribution in [0.25, 0.3) is 0 Å². The standard InChI is InChI=1S/C16H29NO2/c17-15(16(18)19)11-14(12-7-3-1-4-8-12)13-9-5-2-6-10-13/h12-15H,1-11,17H2,(H,18,19)/t15-/m1/s1. The molecule has 3 nitrogen and oxygen atoms in total. The van der Waals surface area contributed by atoms with Crippen molar-refractivity contribution in [1.82, 2.24) is 0 Å². The molecular weight excluding hydrogens is 238 g/mol. The van der Waals surface area contributed by atoms with E-state index in [1.807, 2.05) is 0 Å². The smallest absolute Gasteiger partial charge is 0.320 e. The maximum atomic E-state index is 11.1. The van der Waals surface area contributed by atoms with Gasteiger partial charge in [-0.1, -0.05) is 64.2 Å². The third kappa shape index (κ3) is 4.20. The Morgan fingerprint density at radius 2 is 1.37 bits per heavy atom. The molecule has 2 rings (SSSR count). The molecule has 0 saturated heterocycles. The highest BCUT2D eigenvalue weighted by Crippen LogP contribution is 2.41. The van der Waals surface area contributed by atoms with E-state index in [4.69, 9.17) is 10.8 Å². The summed E-state index contributed by atoms with van der Waals surface area (Å²) >= 11 is 0. The second kappa shape index (κ2) is 7.28. The zero-order valence-corrected chi connectivity index (χ0v) is 12.0. The van der Waals surface area contributed by atoms with Gasteiger partial charge in [-0.05, 0) is 24.2 Å². The van der Waals surface area contributed by atoms with Gasteiger partial charge in [0.2, 0.25) is 0 Å². The molecule has 0 bridgehead atoms. The first kappa shape index (κ1) is 14.8. The normalized spacial score (nSPS) is 24.5. The highest BCUT2D eigenvalue weighted by Gasteiger charge is 2.33. The molecule has 1 atom stereocenters. The molecule has 2 saturated carbocycles. The van der Waals surface area contributed by atoms with E-state index in [1.54, 1.807) is 0 Å². The lowest BCUT2D eigenvalue weighted by Gasteiger charge is -2.38. The number of nitrogens with two attached hydrogens (primary N) is 1. The lowest BCUT2D eigenvalue weighted by Crippen LogP contribution is -2.37. The van der Waals surface area contributed by atoms with Crippen LogP contribution in [0.5, 0.6) is 0 Å². The Morgan fingerprint density at radius 3 is 1.74 bits per heavy atom. The first-order valence-electron chi connectivity index (χ1n) is 8.17. The summed E-state index contributed by atoms with van der Waals surface area (Å²) in [4.78, 5) is 11.1. The Labute approximate surface area is 116 Å². The largest absolute Gasteiger partial charge is 0.480 e. The SMILES string of the molecule is N[C@H](CC(C1CCCCC1)C1CCCCC1)C(=O)O. The summed E-state index contributed by atoms with van der Waals surface area (Å²) in [6.45, 7) is 0. The van der Waals surface area contributed by atoms with E-state index in [2.05, 4.69) is 0 Å². The van der Waals surface area contributed by atoms with Crippen LogP contribution in [0.1, 0.15) is 70.6 Å². The van der Waals surface area contributed by atoms with E-state index in [0.29, 0.717) is 12.3 Å². The molecule has 3 N–H and O–H groups in total. The van der Waals surface area contributed by atoms with Crippen molar-refractivity contribution in [3.63, 3.8) is 0 Å². The third-order valence-electron chi connectivity index (χ3n) is 5.35. The molecule has 0 heterocycles. The van der Waals surface area contributed by atoms with Gasteiger partial charge in [0.05, 0.1) is 0 Å². The van der Waals surface area contributed by atoms with E-state index >= 15 is 0 Å². The fraction of sp³-hybridized carbons (Fsp3) is 0.938. The molecule has 2 fully saturated rings. The molecule has 0 aromatic heterocycles. The van der Waals surface area contributed by atoms with Crippen molar-refractivity contribution in [2.45, 2.75) is 76.7 Å². The zero-order valence-electron chi connectivity index (χ0n) is 12.0. The fourth-order valence-electron chi connectivity index (χ4n) is 4.29. The lowest BCUT2D eigenvalue weighted by molar-refractivity contribution is -0.139. The third-order valence-corrected chi connectivity index (χ3v) is 5.35. The molecule has 0 amide bonds. The summed E-state index contributed by atoms with van der Waals surface area (Å²) in [6, 6.07) is -0.658. The quantitative estimate of drug-likeness (QED) is 0.800. The minimum Gasteiger partial charge on any atom is -0.480 e. The van der Waals surface area contributed by atoms with Gasteiger partial charge in [-0.3, -0.25) is 4.79 Å². The number of hydrogen-bond acceptors (Lipinski definition) is 2. The van der Waals surface area contributed by atoms with E-state index in [9.17, 15) is 4.79 Å². The molecule has 0 unspecified atom stereocenters. The Morgan fingerprint density at radius 1 is 0.947 bits per heavy atom. The van der Waals surface area contributed by atoms with Crippen LogP contribution in [0.2, 0.25) is 0 Å². The topological polar surface area (TPSA) is 63.3 Å². The summed E-state index contributed by atoms with van der Waals surface area (Å²) in [5.74, 6) is 1.22. The van der Waals surface area contributed by atoms with Crippen molar-refractivity contribution in [2.75, 3.05) is 0 Å². The molecular formula is C16H29NO2. The first-order valence-corrected chi connectivity index (χ1v) is 8.17. The monoisotopic (exact) mass is 267 g/mol. The summed E-state index contributed by atoms with van der Waals surface area (Å²) in [6.07, 6.45) is 13.9. The molecule has 3 heteroatoms. The van der Waals surface area contributed by atoms with Crippen LogP contribution >= 0.6 is 0 Å². The van der Waals surface area contributed by atoms with Crippen LogP contribution in [0, 0.1) is 17.8 Å². The molecule has 2 aliphatic carbocycles. The number of carboxylic acids is 1. The Balaban J connectivity index is 2.00. The van der Waals surface area contributed by atoms with Crippen LogP contribution in [0.3, 0.4) is 0 Å². The minimum atomic E-state index is -0.823. The van der Waals surface area contributed by atoms with E-state index in [0.717, 1.165) is 11.8 Å². The maximum Gasteiger partial charge on any atom is 0.320 e. The van der Waals surface area contributed by atoms with Gasteiger partial charge in [0.25, 0.3) is 0 Å². The van der Waals surface area contributed by atoms with Crippen LogP contribution in [-0.4, -0.2) is 17.1 Å². The summed E-state index contributed by atoms with van der Waals surface area (Å²) in [5.41, 5.74) is 5.83. The van der Waals surface area contributed by atoms with Gasteiger partial charge in [-0.2, -0.15) is 0 Å². The molecule has 19 heavy (non-hydrogen) atoms. The minimum absolute atomic E-state index is 0.562. The van der Waals surface area contributed by atoms with E-state index in [-0.39, 0.29) is 0 Å². The summed E-state index contributed by atoms with van der Waals surface area (Å²) < 4.78 is 0. The van der Waals surface area contributed by atoms with Crippen LogP contribution in [0.15, 0.2) is 0 Å². The lowest BCUT2D eigenvalue weighted by atomic mass is 9.67. The average molecular weight is 267 g/mol. The van der Waals surface area contributed by atoms with E-state index in [1.165, 1.54) is 64.2 Å². The van der Waals surface area contributed by atoms with Gasteiger partial charge in [-0.25, -0.2) is 0 Å². The summed E-state index contributed by atoms with van der Waals surface area (Å²) in [7, 11) is 0. The number of aliphatic carboxylic acids is 1. The molecule has 110 valence electrons. The number of carbonyl (C=O) groups is 1. The Bertz CT molecular complexity index is 262. The van der Waals surface area contributed by atoms with Gasteiger partial charge < -0.3 is 10.8 Å². The average Bonchev–Trinajstić information content (AvgIpc) is 2.46. The zero-order chi connectivity index (χ0) is 13.7. The number of carboxylic acid groups (broad SMARTS) is 1. The second-order valence-electron chi connectivity index (χ2n) is 6.64. The van der Waals surface area contributed by atoms with Crippen molar-refractivity contribution in [3.05, 3.63) is 0 Å². The van der Waals surface area contributed by atoms with Crippen molar-refractivity contribution in [1.29, 1.82) is 0 Å². The second-order valence-corrected chi connectivity index (χ2v) is 6.64. The highest BCUT2D eigenvalue weighted by molar-refractivity contribution is 5.73. The van der Waals surface area contributed by atoms with Gasteiger partial charge in [-0.15, -0.1) is 0 Å². The summed E-state index contributed by atoms with van der Waals surface area (Å²) in [5, 5.41) is 9.10. The van der Waals surface area contributed by atoms with Gasteiger partial charge >= 0.3 is 5.97 Å². The molecule has 0 aliphatic heterocycles. The van der Waals surface area contributed by atoms with Gasteiger partial charge in [0, 0.05) is 0 Å². The molecule has 2 aliphatic rings. The number of hydrogen-bond donors (Lipinski definition) is 2. The van der Waals surface area contributed by atoms with Crippen molar-refractivity contribution < 1.29 is 9.90 Å². The fourth-order valence-corrected chi connectivity index (χ4v) is 4.29. The van der Waals surface area contributed by atoms with Crippen LogP contribution in [-0.2, 0) is 4.79 Å². The van der Waals surface area contributed by atoms with Crippen molar-refractivity contribution in [3.8, 4) is 0 Å². The van der Waals surface area contributed by atoms with Gasteiger partial charge in [0.15, 0.2) is 0 Å². The van der Waals surface area contributed by atoms with Gasteiger partial charge in [0.1, 0.15) is 6.04 Å². The molecule has 0 spiro atoms. The molecule has 0 aromatic carbocycles. The molecule has 0 aromatic rings. The van der Waals surface area contributed by atoms with Crippen LogP contribution < -0.4 is 5.73 Å². The van der Waals surface area contributed by atoms with E-state index < -0.39 is 12.0 Å². The van der Waals surface area contributed by atoms with Crippen molar-refractivity contribution in [2.24, 2.45) is 23.5 Å². The highest BCUT2D eigenvalue weighted by atomic mass is 16.4. The predicted octanol–water partition coefficient (Wildman–Crippen LogP) is 3.57. The van der Waals surface area contributed by atoms with Crippen molar-refractivity contribution >= 4 is 5.97 Å². The first-order chi connectivity index (χ1) is 9.18. The molecule has 0 radical (unpaired) electrons. The predicted molar refractivity (Wildman–Crippen MR) is 76.9 cm³/mol.